The Morgan fingerprint density at radius 1 is 1.30 bits per heavy atom. The molecule has 0 spiro atoms. The summed E-state index contributed by atoms with van der Waals surface area (Å²) in [5.41, 5.74) is 10.7. The number of aliphatic hydroxyl groups is 1. The van der Waals surface area contributed by atoms with Gasteiger partial charge in [-0.3, -0.25) is 0 Å². The maximum atomic E-state index is 13.7. The number of fused-ring (bicyclic) bond motifs is 1. The van der Waals surface area contributed by atoms with E-state index in [9.17, 15) is 13.9 Å². The zero-order chi connectivity index (χ0) is 20.3. The second-order valence-electron chi connectivity index (χ2n) is 6.95. The zero-order valence-electron chi connectivity index (χ0n) is 16.9. The molecule has 30 heavy (non-hydrogen) atoms. The minimum atomic E-state index is -0.780. The van der Waals surface area contributed by atoms with Crippen LogP contribution in [-0.2, 0) is 27.5 Å². The van der Waals surface area contributed by atoms with Crippen LogP contribution in [0.25, 0.3) is 11.3 Å². The van der Waals surface area contributed by atoms with Crippen molar-refractivity contribution in [2.45, 2.75) is 39.2 Å². The number of ether oxygens (including phenoxy) is 1. The number of aryl methyl sites for hydroxylation is 1. The van der Waals surface area contributed by atoms with Crippen molar-refractivity contribution in [1.82, 2.24) is 0 Å². The van der Waals surface area contributed by atoms with Gasteiger partial charge < -0.3 is 21.1 Å². The van der Waals surface area contributed by atoms with Crippen LogP contribution in [0, 0.1) is 17.7 Å². The fourth-order valence-corrected chi connectivity index (χ4v) is 3.22. The fourth-order valence-electron chi connectivity index (χ4n) is 3.22. The third-order valence-corrected chi connectivity index (χ3v) is 4.83. The van der Waals surface area contributed by atoms with Crippen LogP contribution >= 0.6 is 0 Å². The first-order valence-corrected chi connectivity index (χ1v) is 9.33. The van der Waals surface area contributed by atoms with E-state index in [1.54, 1.807) is 6.08 Å². The van der Waals surface area contributed by atoms with Gasteiger partial charge in [-0.2, -0.15) is 17.7 Å². The summed E-state index contributed by atoms with van der Waals surface area (Å²) in [5.74, 6) is -0.678. The number of nitrogens with one attached hydrogen (secondary N) is 1. The predicted octanol–water partition coefficient (Wildman–Crippen LogP) is 5.42. The number of allylic oxidation sites excluding steroid dienone is 4. The summed E-state index contributed by atoms with van der Waals surface area (Å²) in [6, 6.07) is 9.19. The minimum absolute atomic E-state index is 0. The average molecular weight is 585 g/mol. The predicted molar refractivity (Wildman–Crippen MR) is 110 cm³/mol. The number of rotatable bonds is 2. The Kier molecular flexibility index (Phi) is 9.89. The molecule has 1 aliphatic carbocycles. The molecule has 0 bridgehead atoms. The van der Waals surface area contributed by atoms with Gasteiger partial charge in [0.2, 0.25) is 0 Å². The minimum Gasteiger partial charge on any atom is -0.696 e. The first-order valence-electron chi connectivity index (χ1n) is 9.33. The molecular formula is C23H25F2NO3W. The molecule has 160 valence electrons. The van der Waals surface area contributed by atoms with Crippen molar-refractivity contribution in [3.8, 4) is 5.75 Å². The molecule has 0 fully saturated rings. The molecule has 2 aliphatic rings. The van der Waals surface area contributed by atoms with Crippen LogP contribution in [-0.4, -0.2) is 17.2 Å². The second-order valence-corrected chi connectivity index (χ2v) is 6.95. The monoisotopic (exact) mass is 585 g/mol. The summed E-state index contributed by atoms with van der Waals surface area (Å²) >= 11 is 0. The van der Waals surface area contributed by atoms with E-state index in [4.69, 9.17) is 10.5 Å². The van der Waals surface area contributed by atoms with Crippen molar-refractivity contribution >= 4 is 11.3 Å². The number of benzene rings is 2. The van der Waals surface area contributed by atoms with Crippen LogP contribution in [0.1, 0.15) is 49.5 Å². The molecule has 2 aromatic rings. The standard InChI is InChI=1S/C13H12F2N.C10H11O2.H2O.W/c1-8-3-2-4-9(7-8)12-10(14)5-6-11(16)13(12)15;1-2-7-3-4-10-8(5-7)9(11)6-12-10;;/h4-7,16H,2-3H2,1H3;3,5,9,11H,2,6H2,1H3;1H2;/q2*-1;;+2. The summed E-state index contributed by atoms with van der Waals surface area (Å²) < 4.78 is 32.4. The molecule has 0 saturated carbocycles. The van der Waals surface area contributed by atoms with Gasteiger partial charge in [0.25, 0.3) is 0 Å². The van der Waals surface area contributed by atoms with E-state index in [0.29, 0.717) is 17.9 Å². The van der Waals surface area contributed by atoms with Crippen LogP contribution in [0.5, 0.6) is 5.75 Å². The second kappa shape index (κ2) is 11.4. The van der Waals surface area contributed by atoms with Crippen molar-refractivity contribution in [2.75, 3.05) is 6.61 Å². The van der Waals surface area contributed by atoms with Crippen LogP contribution in [0.2, 0.25) is 0 Å². The first kappa shape index (κ1) is 26.0. The summed E-state index contributed by atoms with van der Waals surface area (Å²) in [4.78, 5) is 0. The van der Waals surface area contributed by atoms with Gasteiger partial charge in [-0.15, -0.1) is 11.8 Å². The van der Waals surface area contributed by atoms with Crippen molar-refractivity contribution in [3.05, 3.63) is 82.1 Å². The average Bonchev–Trinajstić information content (AvgIpc) is 3.06. The quantitative estimate of drug-likeness (QED) is 0.478. The number of hydrogen-bond donors (Lipinski definition) is 1. The van der Waals surface area contributed by atoms with E-state index in [-0.39, 0.29) is 37.8 Å². The van der Waals surface area contributed by atoms with Gasteiger partial charge in [-0.25, -0.2) is 8.78 Å². The van der Waals surface area contributed by atoms with E-state index in [1.807, 2.05) is 25.1 Å². The SMILES string of the molecule is CC1=CC(c2c(F)ccc([NH-])c2F)=CCC1.CCc1c[c-]c2c(c1)C(O)CO2.O.[W+2]. The van der Waals surface area contributed by atoms with E-state index >= 15 is 0 Å². The largest absolute Gasteiger partial charge is 2.00 e. The zero-order valence-corrected chi connectivity index (χ0v) is 19.8. The van der Waals surface area contributed by atoms with E-state index < -0.39 is 17.7 Å². The van der Waals surface area contributed by atoms with Crippen LogP contribution < -0.4 is 4.74 Å². The normalized spacial score (nSPS) is 16.5. The summed E-state index contributed by atoms with van der Waals surface area (Å²) in [6.07, 6.45) is 5.82. The van der Waals surface area contributed by atoms with Crippen molar-refractivity contribution in [1.29, 1.82) is 0 Å². The summed E-state index contributed by atoms with van der Waals surface area (Å²) in [5, 5.41) is 9.46. The molecule has 1 heterocycles. The smallest absolute Gasteiger partial charge is 0.696 e. The molecule has 4 nitrogen and oxygen atoms in total. The van der Waals surface area contributed by atoms with Crippen LogP contribution in [0.3, 0.4) is 0 Å². The number of hydrogen-bond acceptors (Lipinski definition) is 2. The van der Waals surface area contributed by atoms with Crippen LogP contribution in [0.4, 0.5) is 14.5 Å². The molecule has 0 saturated heterocycles. The molecule has 7 heteroatoms. The first-order chi connectivity index (χ1) is 13.4. The Balaban J connectivity index is 0.000000290. The Morgan fingerprint density at radius 3 is 2.70 bits per heavy atom. The van der Waals surface area contributed by atoms with Gasteiger partial charge in [0.05, 0.1) is 11.7 Å². The van der Waals surface area contributed by atoms with E-state index in [2.05, 4.69) is 13.0 Å². The molecule has 0 amide bonds. The van der Waals surface area contributed by atoms with Gasteiger partial charge in [0.15, 0.2) is 0 Å². The molecule has 1 unspecified atom stereocenters. The number of halogens is 2. The molecule has 4 rings (SSSR count). The summed E-state index contributed by atoms with van der Waals surface area (Å²) in [7, 11) is 0. The maximum absolute atomic E-state index is 13.7. The van der Waals surface area contributed by atoms with Crippen molar-refractivity contribution in [2.24, 2.45) is 0 Å². The molecule has 1 atom stereocenters. The maximum Gasteiger partial charge on any atom is 2.00 e. The summed E-state index contributed by atoms with van der Waals surface area (Å²) in [6.45, 7) is 4.39. The molecule has 4 N–H and O–H groups in total. The number of aliphatic hydroxyl groups excluding tert-OH is 1. The van der Waals surface area contributed by atoms with Gasteiger partial charge in [0.1, 0.15) is 18.2 Å². The van der Waals surface area contributed by atoms with Gasteiger partial charge in [-0.05, 0) is 31.4 Å². The Hall–Kier alpha value is -2.01. The van der Waals surface area contributed by atoms with Crippen LogP contribution in [0.15, 0.2) is 42.0 Å². The third-order valence-electron chi connectivity index (χ3n) is 4.83. The Morgan fingerprint density at radius 2 is 2.03 bits per heavy atom. The fraction of sp³-hybridized carbons (Fsp3) is 0.304. The topological polar surface area (TPSA) is 84.8 Å². The van der Waals surface area contributed by atoms with Crippen molar-refractivity contribution < 1.29 is 45.2 Å². The van der Waals surface area contributed by atoms with Crippen molar-refractivity contribution in [3.63, 3.8) is 0 Å². The third kappa shape index (κ3) is 5.78. The Bertz CT molecular complexity index is 944. The van der Waals surface area contributed by atoms with E-state index in [1.165, 1.54) is 5.56 Å². The van der Waals surface area contributed by atoms with Gasteiger partial charge in [0, 0.05) is 5.75 Å². The van der Waals surface area contributed by atoms with Gasteiger partial charge >= 0.3 is 21.1 Å². The Labute approximate surface area is 190 Å². The molecule has 2 aromatic carbocycles. The van der Waals surface area contributed by atoms with Gasteiger partial charge in [-0.1, -0.05) is 42.7 Å². The molecule has 0 aromatic heterocycles. The molecular weight excluding hydrogens is 560 g/mol. The molecule has 0 radical (unpaired) electrons. The van der Waals surface area contributed by atoms with E-state index in [0.717, 1.165) is 42.5 Å². The molecule has 1 aliphatic heterocycles.